The number of pyridine rings is 2. The molecule has 53 heavy (non-hydrogen) atoms. The van der Waals surface area contributed by atoms with Crippen molar-refractivity contribution in [2.45, 2.75) is 53.4 Å². The van der Waals surface area contributed by atoms with Gasteiger partial charge >= 0.3 is 0 Å². The van der Waals surface area contributed by atoms with E-state index in [-0.39, 0.29) is 23.0 Å². The Balaban J connectivity index is 0.000000155. The fourth-order valence-electron chi connectivity index (χ4n) is 5.91. The van der Waals surface area contributed by atoms with Gasteiger partial charge in [-0.05, 0) is 43.9 Å². The molecule has 0 radical (unpaired) electrons. The zero-order valence-corrected chi connectivity index (χ0v) is 32.7. The molecule has 0 aliphatic heterocycles. The molecule has 0 bridgehead atoms. The van der Waals surface area contributed by atoms with Crippen molar-refractivity contribution in [1.82, 2.24) is 59.1 Å². The van der Waals surface area contributed by atoms with Crippen LogP contribution in [0.15, 0.2) is 92.4 Å². The van der Waals surface area contributed by atoms with Gasteiger partial charge in [-0.3, -0.25) is 24.9 Å². The van der Waals surface area contributed by atoms with Crippen LogP contribution in [0.4, 0.5) is 4.39 Å². The lowest BCUT2D eigenvalue weighted by molar-refractivity contribution is 0.583. The Labute approximate surface area is 318 Å². The average molecular weight is 847 g/mol. The highest BCUT2D eigenvalue weighted by Crippen LogP contribution is 2.26. The summed E-state index contributed by atoms with van der Waals surface area (Å²) >= 11 is 6.52. The van der Waals surface area contributed by atoms with Gasteiger partial charge in [0.2, 0.25) is 5.95 Å². The van der Waals surface area contributed by atoms with Crippen molar-refractivity contribution < 1.29 is 4.39 Å². The summed E-state index contributed by atoms with van der Waals surface area (Å²) in [5, 5.41) is 17.1. The molecule has 0 amide bonds. The number of rotatable bonds is 5. The van der Waals surface area contributed by atoms with Crippen molar-refractivity contribution in [1.29, 1.82) is 0 Å². The predicted octanol–water partition coefficient (Wildman–Crippen LogP) is 7.29. The van der Waals surface area contributed by atoms with Crippen molar-refractivity contribution in [3.63, 3.8) is 0 Å². The molecule has 272 valence electrons. The molecule has 8 heterocycles. The van der Waals surface area contributed by atoms with Crippen molar-refractivity contribution >= 4 is 43.2 Å². The van der Waals surface area contributed by atoms with Crippen LogP contribution in [0.25, 0.3) is 39.4 Å². The molecule has 0 unspecified atom stereocenters. The first-order chi connectivity index (χ1) is 25.3. The summed E-state index contributed by atoms with van der Waals surface area (Å²) in [4.78, 5) is 42.1. The summed E-state index contributed by atoms with van der Waals surface area (Å²) < 4.78 is 18.3. The van der Waals surface area contributed by atoms with Gasteiger partial charge in [-0.1, -0.05) is 59.6 Å². The minimum atomic E-state index is -0.459. The number of aromatic nitrogens is 12. The van der Waals surface area contributed by atoms with Crippen LogP contribution in [0.2, 0.25) is 0 Å². The molecule has 0 fully saturated rings. The standard InChI is InChI=1S/C18H17BrN6O.C13H15N5O.C5H3BrFN/c1-10(2)16-11(3)23-17-14(8-22-25(17)18(16)26)12-7-21-24(9-12)15-6-13(19)4-5-20-15;1-7(2)11-8(3)17-12-10(9-4-14-15-5-9)6-16-18(12)13(11)19;6-4-1-2-8-5(7)3-4/h4-10,22H,1-3H3;4-7,16H,1-3H3,(H,14,15);1-3H. The van der Waals surface area contributed by atoms with Gasteiger partial charge in [-0.15, -0.1) is 0 Å². The summed E-state index contributed by atoms with van der Waals surface area (Å²) in [6.45, 7) is 11.7. The molecule has 14 nitrogen and oxygen atoms in total. The molecular formula is C36H35Br2FN12O2. The molecule has 0 aromatic carbocycles. The van der Waals surface area contributed by atoms with Gasteiger partial charge in [-0.2, -0.15) is 14.6 Å². The number of hydrogen-bond donors (Lipinski definition) is 3. The Morgan fingerprint density at radius 2 is 1.28 bits per heavy atom. The van der Waals surface area contributed by atoms with E-state index < -0.39 is 5.95 Å². The molecule has 8 rings (SSSR count). The molecule has 0 atom stereocenters. The zero-order chi connectivity index (χ0) is 38.0. The number of aromatic amines is 3. The largest absolute Gasteiger partial charge is 0.296 e. The molecule has 8 aromatic rings. The second-order valence-corrected chi connectivity index (χ2v) is 14.5. The summed E-state index contributed by atoms with van der Waals surface area (Å²) in [7, 11) is 0. The lowest BCUT2D eigenvalue weighted by Crippen LogP contribution is -2.22. The Morgan fingerprint density at radius 1 is 0.736 bits per heavy atom. The van der Waals surface area contributed by atoms with Crippen LogP contribution < -0.4 is 11.1 Å². The number of nitrogens with one attached hydrogen (secondary N) is 3. The van der Waals surface area contributed by atoms with Crippen LogP contribution in [0.1, 0.15) is 62.0 Å². The molecule has 3 N–H and O–H groups in total. The lowest BCUT2D eigenvalue weighted by atomic mass is 10.0. The number of nitrogens with zero attached hydrogens (tertiary/aromatic N) is 9. The Bertz CT molecular complexity index is 2640. The van der Waals surface area contributed by atoms with Gasteiger partial charge in [0.15, 0.2) is 17.1 Å². The summed E-state index contributed by atoms with van der Waals surface area (Å²) in [6.07, 6.45) is 13.8. The number of fused-ring (bicyclic) bond motifs is 2. The highest BCUT2D eigenvalue weighted by atomic mass is 79.9. The average Bonchev–Trinajstić information content (AvgIpc) is 3.92. The van der Waals surface area contributed by atoms with Gasteiger partial charge in [0.25, 0.3) is 11.1 Å². The van der Waals surface area contributed by atoms with Gasteiger partial charge in [-0.25, -0.2) is 33.6 Å². The highest BCUT2D eigenvalue weighted by molar-refractivity contribution is 9.10. The smallest absolute Gasteiger partial charge is 0.276 e. The topological polar surface area (TPSA) is 173 Å². The molecule has 0 aliphatic rings. The van der Waals surface area contributed by atoms with Gasteiger partial charge in [0.1, 0.15) is 0 Å². The molecule has 0 aliphatic carbocycles. The zero-order valence-electron chi connectivity index (χ0n) is 29.6. The van der Waals surface area contributed by atoms with Crippen molar-refractivity contribution in [2.75, 3.05) is 0 Å². The van der Waals surface area contributed by atoms with Crippen LogP contribution in [0, 0.1) is 19.8 Å². The number of halogens is 3. The number of H-pyrrole nitrogens is 3. The number of hydrogen-bond acceptors (Lipinski definition) is 8. The predicted molar refractivity (Wildman–Crippen MR) is 207 cm³/mol. The molecule has 0 saturated heterocycles. The molecule has 0 saturated carbocycles. The van der Waals surface area contributed by atoms with E-state index in [1.54, 1.807) is 47.9 Å². The minimum Gasteiger partial charge on any atom is -0.296 e. The Hall–Kier alpha value is -5.55. The van der Waals surface area contributed by atoms with Gasteiger partial charge in [0, 0.05) is 97.0 Å². The van der Waals surface area contributed by atoms with E-state index in [0.29, 0.717) is 21.6 Å². The second-order valence-electron chi connectivity index (χ2n) is 12.6. The van der Waals surface area contributed by atoms with Crippen molar-refractivity contribution in [2.24, 2.45) is 0 Å². The van der Waals surface area contributed by atoms with E-state index in [4.69, 9.17) is 0 Å². The third kappa shape index (κ3) is 7.80. The van der Waals surface area contributed by atoms with E-state index in [2.05, 4.69) is 77.3 Å². The second kappa shape index (κ2) is 15.6. The fourth-order valence-corrected chi connectivity index (χ4v) is 6.54. The van der Waals surface area contributed by atoms with Crippen LogP contribution in [0.3, 0.4) is 0 Å². The maximum absolute atomic E-state index is 12.8. The first-order valence-corrected chi connectivity index (χ1v) is 18.1. The highest BCUT2D eigenvalue weighted by Gasteiger charge is 2.19. The molecule has 17 heteroatoms. The molecular weight excluding hydrogens is 811 g/mol. The van der Waals surface area contributed by atoms with E-state index in [0.717, 1.165) is 49.2 Å². The molecule has 8 aromatic heterocycles. The van der Waals surface area contributed by atoms with E-state index in [1.165, 1.54) is 21.3 Å². The first-order valence-electron chi connectivity index (χ1n) is 16.5. The van der Waals surface area contributed by atoms with Gasteiger partial charge < -0.3 is 0 Å². The summed E-state index contributed by atoms with van der Waals surface area (Å²) in [6, 6.07) is 6.72. The monoisotopic (exact) mass is 844 g/mol. The summed E-state index contributed by atoms with van der Waals surface area (Å²) in [5.74, 6) is 0.509. The van der Waals surface area contributed by atoms with Crippen LogP contribution in [0.5, 0.6) is 0 Å². The SMILES string of the molecule is Cc1nc2c(-c3cn[nH]c3)c[nH]n2c(=O)c1C(C)C.Cc1nc2c(-c3cnn(-c4cc(Br)ccn4)c3)c[nH]n2c(=O)c1C(C)C.Fc1cc(Br)ccn1. The summed E-state index contributed by atoms with van der Waals surface area (Å²) in [5.41, 5.74) is 7.59. The van der Waals surface area contributed by atoms with Crippen molar-refractivity contribution in [3.05, 3.63) is 132 Å². The minimum absolute atomic E-state index is 0.0350. The fraction of sp³-hybridized carbons (Fsp3) is 0.222. The Kier molecular flexibility index (Phi) is 10.9. The first kappa shape index (κ1) is 37.2. The van der Waals surface area contributed by atoms with Crippen LogP contribution in [-0.4, -0.2) is 59.1 Å². The maximum Gasteiger partial charge on any atom is 0.276 e. The third-order valence-electron chi connectivity index (χ3n) is 8.26. The van der Waals surface area contributed by atoms with E-state index in [1.807, 2.05) is 59.9 Å². The Morgan fingerprint density at radius 3 is 1.75 bits per heavy atom. The van der Waals surface area contributed by atoms with Gasteiger partial charge in [0.05, 0.1) is 12.4 Å². The number of aryl methyl sites for hydroxylation is 2. The third-order valence-corrected chi connectivity index (χ3v) is 9.25. The lowest BCUT2D eigenvalue weighted by Gasteiger charge is -2.08. The molecule has 0 spiro atoms. The quantitative estimate of drug-likeness (QED) is 0.152. The van der Waals surface area contributed by atoms with E-state index >= 15 is 0 Å². The normalized spacial score (nSPS) is 11.2. The van der Waals surface area contributed by atoms with Crippen LogP contribution in [-0.2, 0) is 0 Å². The van der Waals surface area contributed by atoms with E-state index in [9.17, 15) is 14.0 Å². The van der Waals surface area contributed by atoms with Crippen molar-refractivity contribution in [3.8, 4) is 28.1 Å². The maximum atomic E-state index is 12.8. The van der Waals surface area contributed by atoms with Crippen LogP contribution >= 0.6 is 31.9 Å².